The van der Waals surface area contributed by atoms with Crippen LogP contribution in [0.1, 0.15) is 17.4 Å². The second kappa shape index (κ2) is 7.02. The van der Waals surface area contributed by atoms with E-state index < -0.39 is 0 Å². The summed E-state index contributed by atoms with van der Waals surface area (Å²) < 4.78 is 6.23. The van der Waals surface area contributed by atoms with E-state index in [2.05, 4.69) is 16.9 Å². The third-order valence-electron chi connectivity index (χ3n) is 4.12. The minimum Gasteiger partial charge on any atom is -0.383 e. The molecule has 0 N–H and O–H groups in total. The standard InChI is InChI=1S/C15H24N4O3/c1-11-9-18(10-13(11)17(2)3)15(21)12-5-6-14(20)19(16-12)7-8-22-4/h5-6,11,13H,7-10H2,1-4H3/t11-,13+/m0/s1. The third-order valence-corrected chi connectivity index (χ3v) is 4.12. The van der Waals surface area contributed by atoms with Crippen molar-refractivity contribution in [2.24, 2.45) is 5.92 Å². The van der Waals surface area contributed by atoms with Crippen LogP contribution in [0, 0.1) is 5.92 Å². The van der Waals surface area contributed by atoms with Gasteiger partial charge in [0.1, 0.15) is 5.69 Å². The Bertz CT molecular complexity index is 584. The molecule has 7 heteroatoms. The molecule has 0 radical (unpaired) electrons. The van der Waals surface area contributed by atoms with Crippen LogP contribution in [0.2, 0.25) is 0 Å². The zero-order valence-corrected chi connectivity index (χ0v) is 13.7. The lowest BCUT2D eigenvalue weighted by molar-refractivity contribution is 0.0771. The van der Waals surface area contributed by atoms with Crippen molar-refractivity contribution in [3.63, 3.8) is 0 Å². The maximum absolute atomic E-state index is 12.6. The highest BCUT2D eigenvalue weighted by Crippen LogP contribution is 2.21. The number of carbonyl (C=O) groups is 1. The van der Waals surface area contributed by atoms with Crippen molar-refractivity contribution < 1.29 is 9.53 Å². The molecule has 0 spiro atoms. The van der Waals surface area contributed by atoms with Gasteiger partial charge in [0.25, 0.3) is 11.5 Å². The average Bonchev–Trinajstić information content (AvgIpc) is 2.88. The van der Waals surface area contributed by atoms with Crippen molar-refractivity contribution in [1.82, 2.24) is 19.6 Å². The van der Waals surface area contributed by atoms with Crippen molar-refractivity contribution in [1.29, 1.82) is 0 Å². The molecule has 2 heterocycles. The molecule has 0 aromatic carbocycles. The van der Waals surface area contributed by atoms with Gasteiger partial charge in [0.2, 0.25) is 0 Å². The quantitative estimate of drug-likeness (QED) is 0.760. The van der Waals surface area contributed by atoms with E-state index >= 15 is 0 Å². The van der Waals surface area contributed by atoms with Crippen LogP contribution in [0.15, 0.2) is 16.9 Å². The molecule has 1 aromatic rings. The number of hydrogen-bond acceptors (Lipinski definition) is 5. The van der Waals surface area contributed by atoms with Crippen molar-refractivity contribution in [2.45, 2.75) is 19.5 Å². The molecule has 122 valence electrons. The topological polar surface area (TPSA) is 67.7 Å². The van der Waals surface area contributed by atoms with Gasteiger partial charge < -0.3 is 14.5 Å². The molecule has 1 amide bonds. The molecule has 1 saturated heterocycles. The average molecular weight is 308 g/mol. The van der Waals surface area contributed by atoms with Crippen LogP contribution in [-0.2, 0) is 11.3 Å². The zero-order valence-electron chi connectivity index (χ0n) is 13.7. The van der Waals surface area contributed by atoms with Gasteiger partial charge in [0, 0.05) is 32.3 Å². The lowest BCUT2D eigenvalue weighted by Gasteiger charge is -2.22. The molecule has 1 aliphatic heterocycles. The first-order valence-electron chi connectivity index (χ1n) is 7.47. The van der Waals surface area contributed by atoms with Gasteiger partial charge in [0.15, 0.2) is 0 Å². The van der Waals surface area contributed by atoms with E-state index in [0.717, 1.165) is 0 Å². The van der Waals surface area contributed by atoms with Crippen molar-refractivity contribution >= 4 is 5.91 Å². The largest absolute Gasteiger partial charge is 0.383 e. The smallest absolute Gasteiger partial charge is 0.274 e. The third kappa shape index (κ3) is 3.53. The second-order valence-electron chi connectivity index (χ2n) is 5.99. The predicted octanol–water partition coefficient (Wildman–Crippen LogP) is -0.0882. The Labute approximate surface area is 130 Å². The van der Waals surface area contributed by atoms with Crippen LogP contribution in [0.4, 0.5) is 0 Å². The summed E-state index contributed by atoms with van der Waals surface area (Å²) in [6.45, 7) is 4.26. The first-order valence-corrected chi connectivity index (χ1v) is 7.47. The molecule has 7 nitrogen and oxygen atoms in total. The summed E-state index contributed by atoms with van der Waals surface area (Å²) >= 11 is 0. The molecule has 2 atom stereocenters. The van der Waals surface area contributed by atoms with Gasteiger partial charge in [-0.15, -0.1) is 0 Å². The van der Waals surface area contributed by atoms with Gasteiger partial charge in [-0.3, -0.25) is 9.59 Å². The number of methoxy groups -OCH3 is 1. The van der Waals surface area contributed by atoms with E-state index in [4.69, 9.17) is 4.74 Å². The Morgan fingerprint density at radius 3 is 2.73 bits per heavy atom. The van der Waals surface area contributed by atoms with Gasteiger partial charge in [-0.05, 0) is 26.1 Å². The number of rotatable bonds is 5. The van der Waals surface area contributed by atoms with Crippen LogP contribution in [0.5, 0.6) is 0 Å². The molecule has 0 aliphatic carbocycles. The highest BCUT2D eigenvalue weighted by Gasteiger charge is 2.34. The Balaban J connectivity index is 2.15. The molecule has 1 aromatic heterocycles. The molecular formula is C15H24N4O3. The fraction of sp³-hybridized carbons (Fsp3) is 0.667. The van der Waals surface area contributed by atoms with Crippen LogP contribution >= 0.6 is 0 Å². The Kier molecular flexibility index (Phi) is 5.31. The highest BCUT2D eigenvalue weighted by molar-refractivity contribution is 5.92. The monoisotopic (exact) mass is 308 g/mol. The van der Waals surface area contributed by atoms with Gasteiger partial charge >= 0.3 is 0 Å². The molecule has 0 saturated carbocycles. The number of nitrogens with zero attached hydrogens (tertiary/aromatic N) is 4. The molecule has 22 heavy (non-hydrogen) atoms. The maximum Gasteiger partial charge on any atom is 0.274 e. The second-order valence-corrected chi connectivity index (χ2v) is 5.99. The number of carbonyl (C=O) groups excluding carboxylic acids is 1. The molecule has 0 bridgehead atoms. The summed E-state index contributed by atoms with van der Waals surface area (Å²) in [7, 11) is 5.61. The Morgan fingerprint density at radius 1 is 1.41 bits per heavy atom. The molecular weight excluding hydrogens is 284 g/mol. The number of hydrogen-bond donors (Lipinski definition) is 0. The van der Waals surface area contributed by atoms with E-state index in [1.807, 2.05) is 19.0 Å². The van der Waals surface area contributed by atoms with E-state index in [-0.39, 0.29) is 11.5 Å². The fourth-order valence-corrected chi connectivity index (χ4v) is 2.85. The Hall–Kier alpha value is -1.73. The molecule has 1 aliphatic rings. The van der Waals surface area contributed by atoms with Crippen LogP contribution in [0.3, 0.4) is 0 Å². The molecule has 2 rings (SSSR count). The lowest BCUT2D eigenvalue weighted by atomic mass is 10.1. The maximum atomic E-state index is 12.6. The van der Waals surface area contributed by atoms with Crippen LogP contribution in [-0.4, -0.2) is 72.4 Å². The molecule has 1 fully saturated rings. The van der Waals surface area contributed by atoms with Crippen LogP contribution in [0.25, 0.3) is 0 Å². The summed E-state index contributed by atoms with van der Waals surface area (Å²) in [4.78, 5) is 28.3. The number of aromatic nitrogens is 2. The van der Waals surface area contributed by atoms with E-state index in [1.54, 1.807) is 7.11 Å². The summed E-state index contributed by atoms with van der Waals surface area (Å²) in [5, 5.41) is 4.17. The highest BCUT2D eigenvalue weighted by atomic mass is 16.5. The predicted molar refractivity (Wildman–Crippen MR) is 82.9 cm³/mol. The summed E-state index contributed by atoms with van der Waals surface area (Å²) in [6.07, 6.45) is 0. The number of likely N-dealkylation sites (N-methyl/N-ethyl adjacent to an activating group) is 1. The molecule has 0 unspecified atom stereocenters. The number of amides is 1. The van der Waals surface area contributed by atoms with Crippen LogP contribution < -0.4 is 5.56 Å². The lowest BCUT2D eigenvalue weighted by Crippen LogP contribution is -2.36. The van der Waals surface area contributed by atoms with Gasteiger partial charge in [-0.2, -0.15) is 5.10 Å². The Morgan fingerprint density at radius 2 is 2.14 bits per heavy atom. The SMILES string of the molecule is COCCn1nc(C(=O)N2C[C@@H](N(C)C)[C@@H](C)C2)ccc1=O. The van der Waals surface area contributed by atoms with Crippen molar-refractivity contribution in [3.05, 3.63) is 28.2 Å². The van der Waals surface area contributed by atoms with E-state index in [0.29, 0.717) is 43.9 Å². The summed E-state index contributed by atoms with van der Waals surface area (Å²) in [5.41, 5.74) is 0.0804. The first-order chi connectivity index (χ1) is 10.4. The minimum absolute atomic E-state index is 0.123. The zero-order chi connectivity index (χ0) is 16.3. The number of ether oxygens (including phenoxy) is 1. The van der Waals surface area contributed by atoms with Gasteiger partial charge in [0.05, 0.1) is 13.2 Å². The van der Waals surface area contributed by atoms with Crippen molar-refractivity contribution in [2.75, 3.05) is 40.9 Å². The minimum atomic E-state index is -0.227. The van der Waals surface area contributed by atoms with E-state index in [9.17, 15) is 9.59 Å². The normalized spacial score (nSPS) is 21.6. The summed E-state index contributed by atoms with van der Waals surface area (Å²) in [6, 6.07) is 3.24. The van der Waals surface area contributed by atoms with Gasteiger partial charge in [-0.1, -0.05) is 6.92 Å². The van der Waals surface area contributed by atoms with Crippen molar-refractivity contribution in [3.8, 4) is 0 Å². The van der Waals surface area contributed by atoms with E-state index in [1.165, 1.54) is 16.8 Å². The summed E-state index contributed by atoms with van der Waals surface area (Å²) in [5.74, 6) is 0.292. The first kappa shape index (κ1) is 16.6. The number of likely N-dealkylation sites (tertiary alicyclic amines) is 1. The fourth-order valence-electron chi connectivity index (χ4n) is 2.85. The van der Waals surface area contributed by atoms with Gasteiger partial charge in [-0.25, -0.2) is 4.68 Å².